The molecular weight excluding hydrogens is 300 g/mol. The summed E-state index contributed by atoms with van der Waals surface area (Å²) in [5.74, 6) is 1.55. The van der Waals surface area contributed by atoms with E-state index in [4.69, 9.17) is 0 Å². The molecule has 2 heterocycles. The predicted molar refractivity (Wildman–Crippen MR) is 97.0 cm³/mol. The molecule has 1 aromatic heterocycles. The van der Waals surface area contributed by atoms with E-state index in [0.29, 0.717) is 18.4 Å². The zero-order chi connectivity index (χ0) is 17.1. The first-order valence-corrected chi connectivity index (χ1v) is 8.81. The Bertz CT molecular complexity index is 720. The van der Waals surface area contributed by atoms with Crippen LogP contribution in [0, 0.1) is 12.8 Å². The van der Waals surface area contributed by atoms with Gasteiger partial charge in [0, 0.05) is 36.3 Å². The van der Waals surface area contributed by atoms with Crippen molar-refractivity contribution in [3.8, 4) is 0 Å². The van der Waals surface area contributed by atoms with Gasteiger partial charge in [0.1, 0.15) is 0 Å². The molecule has 0 bridgehead atoms. The van der Waals surface area contributed by atoms with E-state index in [0.717, 1.165) is 48.2 Å². The van der Waals surface area contributed by atoms with Crippen LogP contribution in [0.4, 0.5) is 5.82 Å². The molecule has 1 amide bonds. The second kappa shape index (κ2) is 7.16. The van der Waals surface area contributed by atoms with Gasteiger partial charge in [0.05, 0.1) is 5.69 Å². The maximum Gasteiger partial charge on any atom is 0.222 e. The van der Waals surface area contributed by atoms with Crippen LogP contribution in [0.2, 0.25) is 0 Å². The minimum atomic E-state index is 0.282. The van der Waals surface area contributed by atoms with Crippen LogP contribution in [-0.2, 0) is 4.79 Å². The Morgan fingerprint density at radius 2 is 1.88 bits per heavy atom. The van der Waals surface area contributed by atoms with Crippen LogP contribution in [0.25, 0.3) is 10.8 Å². The molecule has 5 nitrogen and oxygen atoms in total. The predicted octanol–water partition coefficient (Wildman–Crippen LogP) is 3.39. The summed E-state index contributed by atoms with van der Waals surface area (Å²) in [5.41, 5.74) is 0.949. The average Bonchev–Trinajstić information content (AvgIpc) is 2.58. The quantitative estimate of drug-likeness (QED) is 0.935. The molecule has 128 valence electrons. The fraction of sp³-hybridized carbons (Fsp3) is 0.526. The number of likely N-dealkylation sites (tertiary alicyclic amines) is 1. The smallest absolute Gasteiger partial charge is 0.222 e. The van der Waals surface area contributed by atoms with Crippen LogP contribution in [0.1, 0.15) is 38.8 Å². The van der Waals surface area contributed by atoms with Crippen molar-refractivity contribution in [3.63, 3.8) is 0 Å². The van der Waals surface area contributed by atoms with Crippen molar-refractivity contribution < 1.29 is 4.79 Å². The number of fused-ring (bicyclic) bond motifs is 1. The topological polar surface area (TPSA) is 58.1 Å². The summed E-state index contributed by atoms with van der Waals surface area (Å²) in [6, 6.07) is 8.56. The van der Waals surface area contributed by atoms with Crippen molar-refractivity contribution in [1.29, 1.82) is 0 Å². The number of nitrogens with one attached hydrogen (secondary N) is 1. The number of piperidine rings is 1. The monoisotopic (exact) mass is 326 g/mol. The van der Waals surface area contributed by atoms with Gasteiger partial charge in [-0.2, -0.15) is 5.10 Å². The van der Waals surface area contributed by atoms with Crippen LogP contribution < -0.4 is 5.32 Å². The second-order valence-corrected chi connectivity index (χ2v) is 7.08. The largest absolute Gasteiger partial charge is 0.365 e. The molecule has 3 rings (SSSR count). The van der Waals surface area contributed by atoms with Crippen LogP contribution in [0.15, 0.2) is 24.3 Å². The summed E-state index contributed by atoms with van der Waals surface area (Å²) in [6.45, 7) is 7.81. The fourth-order valence-electron chi connectivity index (χ4n) is 3.29. The van der Waals surface area contributed by atoms with E-state index in [2.05, 4.69) is 41.5 Å². The van der Waals surface area contributed by atoms with Gasteiger partial charge in [-0.05, 0) is 25.7 Å². The number of hydrogen-bond donors (Lipinski definition) is 1. The number of aromatic nitrogens is 2. The molecular formula is C19H26N4O. The lowest BCUT2D eigenvalue weighted by Crippen LogP contribution is -2.42. The summed E-state index contributed by atoms with van der Waals surface area (Å²) in [6.07, 6.45) is 2.55. The van der Waals surface area contributed by atoms with E-state index in [1.807, 2.05) is 24.0 Å². The third-order valence-corrected chi connectivity index (χ3v) is 4.64. The molecule has 2 aromatic rings. The van der Waals surface area contributed by atoms with E-state index in [1.165, 1.54) is 0 Å². The van der Waals surface area contributed by atoms with Crippen molar-refractivity contribution in [3.05, 3.63) is 30.0 Å². The average molecular weight is 326 g/mol. The van der Waals surface area contributed by atoms with Crippen LogP contribution >= 0.6 is 0 Å². The number of nitrogens with zero attached hydrogens (tertiary/aromatic N) is 3. The summed E-state index contributed by atoms with van der Waals surface area (Å²) < 4.78 is 0. The number of anilines is 1. The standard InChI is InChI=1S/C19H26N4O/c1-13(2)12-18(24)23-10-8-15(9-11-23)20-19-17-7-5-4-6-16(17)14(3)21-22-19/h4-7,13,15H,8-12H2,1-3H3,(H,20,22). The van der Waals surface area contributed by atoms with Crippen molar-refractivity contribution in [2.24, 2.45) is 5.92 Å². The molecule has 5 heteroatoms. The second-order valence-electron chi connectivity index (χ2n) is 7.08. The highest BCUT2D eigenvalue weighted by Crippen LogP contribution is 2.24. The van der Waals surface area contributed by atoms with Crippen LogP contribution in [0.5, 0.6) is 0 Å². The summed E-state index contributed by atoms with van der Waals surface area (Å²) in [7, 11) is 0. The van der Waals surface area contributed by atoms with Crippen molar-refractivity contribution in [1.82, 2.24) is 15.1 Å². The lowest BCUT2D eigenvalue weighted by Gasteiger charge is -2.33. The minimum Gasteiger partial charge on any atom is -0.365 e. The molecule has 1 saturated heterocycles. The minimum absolute atomic E-state index is 0.282. The van der Waals surface area contributed by atoms with Crippen LogP contribution in [0.3, 0.4) is 0 Å². The lowest BCUT2D eigenvalue weighted by atomic mass is 10.0. The normalized spacial score (nSPS) is 15.9. The highest BCUT2D eigenvalue weighted by molar-refractivity contribution is 5.92. The summed E-state index contributed by atoms with van der Waals surface area (Å²) >= 11 is 0. The lowest BCUT2D eigenvalue weighted by molar-refractivity contribution is -0.132. The van der Waals surface area contributed by atoms with E-state index in [-0.39, 0.29) is 5.91 Å². The van der Waals surface area contributed by atoms with Gasteiger partial charge in [0.25, 0.3) is 0 Å². The van der Waals surface area contributed by atoms with Crippen LogP contribution in [-0.4, -0.2) is 40.1 Å². The van der Waals surface area contributed by atoms with E-state index in [9.17, 15) is 4.79 Å². The third kappa shape index (κ3) is 3.66. The Labute approximate surface area is 143 Å². The van der Waals surface area contributed by atoms with E-state index in [1.54, 1.807) is 0 Å². The highest BCUT2D eigenvalue weighted by atomic mass is 16.2. The van der Waals surface area contributed by atoms with Gasteiger partial charge < -0.3 is 10.2 Å². The molecule has 1 aliphatic heterocycles. The van der Waals surface area contributed by atoms with Gasteiger partial charge in [-0.15, -0.1) is 5.10 Å². The number of rotatable bonds is 4. The number of hydrogen-bond acceptors (Lipinski definition) is 4. The van der Waals surface area contributed by atoms with Crippen molar-refractivity contribution >= 4 is 22.5 Å². The SMILES string of the molecule is Cc1nnc(NC2CCN(C(=O)CC(C)C)CC2)c2ccccc12. The van der Waals surface area contributed by atoms with Gasteiger partial charge in [0.15, 0.2) is 5.82 Å². The molecule has 0 aliphatic carbocycles. The molecule has 1 aliphatic rings. The number of carbonyl (C=O) groups excluding carboxylic acids is 1. The molecule has 0 unspecified atom stereocenters. The van der Waals surface area contributed by atoms with Gasteiger partial charge >= 0.3 is 0 Å². The first kappa shape index (κ1) is 16.7. The molecule has 1 fully saturated rings. The van der Waals surface area contributed by atoms with E-state index >= 15 is 0 Å². The Balaban J connectivity index is 1.65. The Morgan fingerprint density at radius 3 is 2.54 bits per heavy atom. The zero-order valence-corrected chi connectivity index (χ0v) is 14.7. The van der Waals surface area contributed by atoms with Gasteiger partial charge in [0.2, 0.25) is 5.91 Å². The molecule has 1 N–H and O–H groups in total. The maximum absolute atomic E-state index is 12.2. The number of aryl methyl sites for hydroxylation is 1. The van der Waals surface area contributed by atoms with Crippen molar-refractivity contribution in [2.75, 3.05) is 18.4 Å². The summed E-state index contributed by atoms with van der Waals surface area (Å²) in [4.78, 5) is 14.2. The highest BCUT2D eigenvalue weighted by Gasteiger charge is 2.23. The van der Waals surface area contributed by atoms with Crippen molar-refractivity contribution in [2.45, 2.75) is 46.1 Å². The first-order valence-electron chi connectivity index (χ1n) is 8.81. The Hall–Kier alpha value is -2.17. The maximum atomic E-state index is 12.2. The number of amides is 1. The Kier molecular flexibility index (Phi) is 4.97. The molecule has 1 aromatic carbocycles. The van der Waals surface area contributed by atoms with E-state index < -0.39 is 0 Å². The molecule has 0 spiro atoms. The molecule has 0 saturated carbocycles. The zero-order valence-electron chi connectivity index (χ0n) is 14.7. The molecule has 0 radical (unpaired) electrons. The van der Waals surface area contributed by atoms with Gasteiger partial charge in [-0.1, -0.05) is 38.1 Å². The van der Waals surface area contributed by atoms with Gasteiger partial charge in [-0.3, -0.25) is 4.79 Å². The van der Waals surface area contributed by atoms with Gasteiger partial charge in [-0.25, -0.2) is 0 Å². The molecule has 24 heavy (non-hydrogen) atoms. The summed E-state index contributed by atoms with van der Waals surface area (Å²) in [5, 5.41) is 14.4. The Morgan fingerprint density at radius 1 is 1.21 bits per heavy atom. The third-order valence-electron chi connectivity index (χ3n) is 4.64. The number of benzene rings is 1. The fourth-order valence-corrected chi connectivity index (χ4v) is 3.29. The number of carbonyl (C=O) groups is 1. The first-order chi connectivity index (χ1) is 11.5. The molecule has 0 atom stereocenters.